The molecular formula is C52H32O6. The first-order valence-electron chi connectivity index (χ1n) is 19.0. The van der Waals surface area contributed by atoms with E-state index < -0.39 is 28.7 Å². The lowest BCUT2D eigenvalue weighted by atomic mass is 9.82. The van der Waals surface area contributed by atoms with Crippen molar-refractivity contribution in [2.45, 2.75) is 0 Å². The Labute approximate surface area is 331 Å². The quantitative estimate of drug-likeness (QED) is 0.0695. The topological polar surface area (TPSA) is 114 Å². The Morgan fingerprint density at radius 3 is 1.48 bits per heavy atom. The monoisotopic (exact) mass is 752 g/mol. The molecule has 0 radical (unpaired) electrons. The van der Waals surface area contributed by atoms with Gasteiger partial charge in [-0.3, -0.25) is 0 Å². The van der Waals surface area contributed by atoms with Crippen LogP contribution in [-0.4, -0.2) is 25.5 Å². The van der Waals surface area contributed by atoms with E-state index in [0.717, 1.165) is 87.6 Å². The molecule has 0 spiro atoms. The van der Waals surface area contributed by atoms with E-state index in [-0.39, 0.29) is 5.56 Å². The normalized spacial score (nSPS) is 11.8. The van der Waals surface area contributed by atoms with Crippen molar-refractivity contribution in [3.63, 3.8) is 0 Å². The van der Waals surface area contributed by atoms with E-state index >= 15 is 0 Å². The summed E-state index contributed by atoms with van der Waals surface area (Å²) in [5.41, 5.74) is 7.91. The average molecular weight is 753 g/mol. The molecule has 0 atom stereocenters. The summed E-state index contributed by atoms with van der Waals surface area (Å²) in [7, 11) is 0. The number of rotatable bonds is 4. The van der Waals surface area contributed by atoms with E-state index in [4.69, 9.17) is 4.42 Å². The van der Waals surface area contributed by atoms with Crippen LogP contribution in [0.1, 0.15) is 0 Å². The first kappa shape index (κ1) is 33.4. The maximum Gasteiger partial charge on any atom is 0.208 e. The molecule has 11 aromatic rings. The summed E-state index contributed by atoms with van der Waals surface area (Å²) < 4.78 is 6.46. The van der Waals surface area contributed by atoms with Gasteiger partial charge in [-0.15, -0.1) is 0 Å². The number of aromatic hydroxyl groups is 5. The van der Waals surface area contributed by atoms with Crippen LogP contribution in [0.3, 0.4) is 0 Å². The van der Waals surface area contributed by atoms with Crippen LogP contribution in [0.25, 0.3) is 110 Å². The van der Waals surface area contributed by atoms with Crippen molar-refractivity contribution in [1.82, 2.24) is 0 Å². The molecule has 6 nitrogen and oxygen atoms in total. The van der Waals surface area contributed by atoms with Crippen molar-refractivity contribution < 1.29 is 29.9 Å². The van der Waals surface area contributed by atoms with Gasteiger partial charge in [0.2, 0.25) is 17.2 Å². The molecule has 1 aromatic heterocycles. The lowest BCUT2D eigenvalue weighted by molar-refractivity contribution is 0.330. The minimum absolute atomic E-state index is 0.189. The zero-order chi connectivity index (χ0) is 39.2. The Hall–Kier alpha value is -7.96. The van der Waals surface area contributed by atoms with Gasteiger partial charge in [0.25, 0.3) is 0 Å². The van der Waals surface area contributed by atoms with E-state index in [0.29, 0.717) is 16.3 Å². The summed E-state index contributed by atoms with van der Waals surface area (Å²) >= 11 is 0. The van der Waals surface area contributed by atoms with Crippen LogP contribution in [0.2, 0.25) is 0 Å². The predicted molar refractivity (Wildman–Crippen MR) is 234 cm³/mol. The van der Waals surface area contributed by atoms with Crippen molar-refractivity contribution in [1.29, 1.82) is 0 Å². The van der Waals surface area contributed by atoms with E-state index in [1.54, 1.807) is 0 Å². The fourth-order valence-electron chi connectivity index (χ4n) is 8.98. The fourth-order valence-corrected chi connectivity index (χ4v) is 8.98. The van der Waals surface area contributed by atoms with Crippen molar-refractivity contribution in [2.75, 3.05) is 0 Å². The summed E-state index contributed by atoms with van der Waals surface area (Å²) in [4.78, 5) is 0. The van der Waals surface area contributed by atoms with Crippen molar-refractivity contribution in [2.24, 2.45) is 0 Å². The smallest absolute Gasteiger partial charge is 0.208 e. The van der Waals surface area contributed by atoms with Crippen molar-refractivity contribution in [3.8, 4) is 73.3 Å². The molecule has 276 valence electrons. The zero-order valence-corrected chi connectivity index (χ0v) is 30.7. The van der Waals surface area contributed by atoms with Gasteiger partial charge in [0.1, 0.15) is 11.2 Å². The average Bonchev–Trinajstić information content (AvgIpc) is 3.65. The van der Waals surface area contributed by atoms with Crippen LogP contribution >= 0.6 is 0 Å². The Morgan fingerprint density at radius 1 is 0.293 bits per heavy atom. The van der Waals surface area contributed by atoms with Gasteiger partial charge in [-0.2, -0.15) is 0 Å². The lowest BCUT2D eigenvalue weighted by Crippen LogP contribution is -1.94. The third-order valence-electron chi connectivity index (χ3n) is 11.6. The summed E-state index contributed by atoms with van der Waals surface area (Å²) in [5.74, 6) is -4.34. The minimum atomic E-state index is -1.00. The van der Waals surface area contributed by atoms with Crippen LogP contribution in [-0.2, 0) is 0 Å². The van der Waals surface area contributed by atoms with Crippen LogP contribution in [0.4, 0.5) is 0 Å². The summed E-state index contributed by atoms with van der Waals surface area (Å²) in [6.07, 6.45) is 0. The molecule has 5 N–H and O–H groups in total. The summed E-state index contributed by atoms with van der Waals surface area (Å²) in [5, 5.41) is 63.6. The molecule has 0 amide bonds. The first-order valence-corrected chi connectivity index (χ1v) is 19.0. The second-order valence-corrected chi connectivity index (χ2v) is 14.7. The van der Waals surface area contributed by atoms with Gasteiger partial charge in [-0.05, 0) is 101 Å². The molecule has 0 aliphatic carbocycles. The Morgan fingerprint density at radius 2 is 0.810 bits per heavy atom. The Balaban J connectivity index is 1.26. The number of benzene rings is 10. The van der Waals surface area contributed by atoms with Gasteiger partial charge in [0, 0.05) is 21.9 Å². The molecule has 0 aliphatic rings. The maximum absolute atomic E-state index is 11.3. The number of furan rings is 1. The number of para-hydroxylation sites is 1. The second kappa shape index (κ2) is 12.5. The highest BCUT2D eigenvalue weighted by Crippen LogP contribution is 2.58. The van der Waals surface area contributed by atoms with Crippen LogP contribution in [0.15, 0.2) is 168 Å². The van der Waals surface area contributed by atoms with Crippen molar-refractivity contribution in [3.05, 3.63) is 164 Å². The molecule has 0 aliphatic heterocycles. The molecule has 11 rings (SSSR count). The van der Waals surface area contributed by atoms with Crippen molar-refractivity contribution >= 4 is 65.0 Å². The fraction of sp³-hybridized carbons (Fsp3) is 0. The van der Waals surface area contributed by atoms with E-state index in [9.17, 15) is 25.5 Å². The highest BCUT2D eigenvalue weighted by atomic mass is 16.4. The molecule has 1 heterocycles. The molecule has 58 heavy (non-hydrogen) atoms. The number of hydrogen-bond acceptors (Lipinski definition) is 6. The highest BCUT2D eigenvalue weighted by molar-refractivity contribution is 6.25. The second-order valence-electron chi connectivity index (χ2n) is 14.7. The van der Waals surface area contributed by atoms with Crippen LogP contribution < -0.4 is 0 Å². The van der Waals surface area contributed by atoms with E-state index in [1.165, 1.54) is 0 Å². The third-order valence-corrected chi connectivity index (χ3v) is 11.6. The Bertz CT molecular complexity index is 3440. The summed E-state index contributed by atoms with van der Waals surface area (Å²) in [6.45, 7) is 0. The number of hydrogen-bond donors (Lipinski definition) is 5. The standard InChI is InChI=1S/C52H32O6/c53-48-47(49(54)51(56)52(57)50(48)55)45-37-17-7-5-15-35(37)44(36-16-6-8-18-38(36)45)40-27-32(26-30-13-3-4-14-33(30)40)34-23-24-42-46(39-19-9-10-20-41(39)58-42)43(34)31-22-21-28-11-1-2-12-29(28)25-31/h1-27,53-57H. The SMILES string of the molecule is Oc1c(O)c(O)c(-c2c3ccccc3c(-c3cc(-c4ccc5oc6ccccc6c5c4-c4ccc5ccccc5c4)cc4ccccc34)c3ccccc23)c(O)c1O. The highest BCUT2D eigenvalue weighted by Gasteiger charge is 2.28. The number of phenols is 5. The molecule has 0 bridgehead atoms. The number of phenolic OH excluding ortho intramolecular Hbond substituents is 5. The van der Waals surface area contributed by atoms with Gasteiger partial charge >= 0.3 is 0 Å². The van der Waals surface area contributed by atoms with Gasteiger partial charge in [0.05, 0.1) is 5.56 Å². The maximum atomic E-state index is 11.3. The minimum Gasteiger partial charge on any atom is -0.504 e. The van der Waals surface area contributed by atoms with Crippen LogP contribution in [0, 0.1) is 0 Å². The molecule has 0 fully saturated rings. The molecular weight excluding hydrogens is 721 g/mol. The lowest BCUT2D eigenvalue weighted by Gasteiger charge is -2.21. The van der Waals surface area contributed by atoms with Gasteiger partial charge in [-0.1, -0.05) is 133 Å². The Kier molecular flexibility index (Phi) is 7.21. The van der Waals surface area contributed by atoms with Gasteiger partial charge in [-0.25, -0.2) is 0 Å². The zero-order valence-electron chi connectivity index (χ0n) is 30.7. The molecule has 6 heteroatoms. The first-order chi connectivity index (χ1) is 28.4. The van der Waals surface area contributed by atoms with E-state index in [1.807, 2.05) is 78.9 Å². The van der Waals surface area contributed by atoms with Gasteiger partial charge < -0.3 is 29.9 Å². The van der Waals surface area contributed by atoms with Gasteiger partial charge in [0.15, 0.2) is 11.5 Å². The molecule has 0 saturated heterocycles. The van der Waals surface area contributed by atoms with Crippen LogP contribution in [0.5, 0.6) is 28.7 Å². The van der Waals surface area contributed by atoms with E-state index in [2.05, 4.69) is 84.9 Å². The predicted octanol–water partition coefficient (Wildman–Crippen LogP) is 13.4. The largest absolute Gasteiger partial charge is 0.504 e. The summed E-state index contributed by atoms with van der Waals surface area (Å²) in [6, 6.07) is 55.6. The molecule has 0 saturated carbocycles. The molecule has 10 aromatic carbocycles. The number of fused-ring (bicyclic) bond motifs is 7. The third kappa shape index (κ3) is 4.79. The molecule has 0 unspecified atom stereocenters.